The Morgan fingerprint density at radius 2 is 1.55 bits per heavy atom. The number of halogens is 1. The van der Waals surface area contributed by atoms with E-state index in [9.17, 15) is 0 Å². The molecule has 0 saturated heterocycles. The zero-order valence-corrected chi connectivity index (χ0v) is 12.7. The molecule has 0 aliphatic heterocycles. The predicted octanol–water partition coefficient (Wildman–Crippen LogP) is -2.84. The van der Waals surface area contributed by atoms with Crippen LogP contribution < -0.4 is 28.8 Å². The van der Waals surface area contributed by atoms with Gasteiger partial charge in [0.25, 0.3) is 4.83 Å². The average Bonchev–Trinajstić information content (AvgIpc) is 2.81. The number of thiazole rings is 1. The SMILES string of the molecule is Nc1ccc(-c2c[n+]3ccccc3s2)cc1.O.[O-][Cl+3]([O-])([O-])[O-]. The molecule has 3 aromatic rings. The summed E-state index contributed by atoms with van der Waals surface area (Å²) in [7, 11) is -4.94. The van der Waals surface area contributed by atoms with E-state index in [0.717, 1.165) is 5.69 Å². The number of benzene rings is 1. The van der Waals surface area contributed by atoms with Gasteiger partial charge in [0.05, 0.1) is 0 Å². The average molecular weight is 345 g/mol. The van der Waals surface area contributed by atoms with Crippen LogP contribution in [0.5, 0.6) is 0 Å². The van der Waals surface area contributed by atoms with E-state index in [0.29, 0.717) is 0 Å². The van der Waals surface area contributed by atoms with E-state index in [-0.39, 0.29) is 5.48 Å². The van der Waals surface area contributed by atoms with Crippen LogP contribution >= 0.6 is 11.3 Å². The number of aromatic nitrogens is 1. The van der Waals surface area contributed by atoms with Gasteiger partial charge in [0.1, 0.15) is 4.88 Å². The first-order valence-electron chi connectivity index (χ1n) is 5.70. The Hall–Kier alpha value is -1.78. The van der Waals surface area contributed by atoms with Gasteiger partial charge in [0.15, 0.2) is 12.4 Å². The molecule has 0 aliphatic rings. The number of hydrogen-bond donors (Lipinski definition) is 1. The van der Waals surface area contributed by atoms with E-state index < -0.39 is 10.2 Å². The molecule has 0 bridgehead atoms. The molecule has 2 aromatic heterocycles. The quantitative estimate of drug-likeness (QED) is 0.372. The number of hydrogen-bond acceptors (Lipinski definition) is 6. The molecule has 9 heteroatoms. The van der Waals surface area contributed by atoms with Gasteiger partial charge in [-0.15, -0.1) is 10.2 Å². The Morgan fingerprint density at radius 3 is 2.09 bits per heavy atom. The van der Waals surface area contributed by atoms with Crippen molar-refractivity contribution in [1.82, 2.24) is 0 Å². The minimum Gasteiger partial charge on any atom is -0.412 e. The van der Waals surface area contributed by atoms with Gasteiger partial charge in [-0.25, -0.2) is 18.6 Å². The van der Waals surface area contributed by atoms with Crippen LogP contribution in [-0.4, -0.2) is 5.48 Å². The van der Waals surface area contributed by atoms with Crippen LogP contribution in [0.15, 0.2) is 54.9 Å². The highest BCUT2D eigenvalue weighted by Gasteiger charge is 2.09. The third-order valence-electron chi connectivity index (χ3n) is 2.52. The summed E-state index contributed by atoms with van der Waals surface area (Å²) < 4.78 is 36.1. The molecule has 7 nitrogen and oxygen atoms in total. The van der Waals surface area contributed by atoms with Crippen molar-refractivity contribution in [3.8, 4) is 10.4 Å². The van der Waals surface area contributed by atoms with Crippen LogP contribution in [0.3, 0.4) is 0 Å². The molecular formula is C13H13ClN2O5S. The molecule has 0 unspecified atom stereocenters. The van der Waals surface area contributed by atoms with Crippen molar-refractivity contribution in [2.24, 2.45) is 0 Å². The third-order valence-corrected chi connectivity index (χ3v) is 3.63. The fraction of sp³-hybridized carbons (Fsp3) is 0. The summed E-state index contributed by atoms with van der Waals surface area (Å²) in [4.78, 5) is 2.50. The largest absolute Gasteiger partial charge is 0.412 e. The lowest BCUT2D eigenvalue weighted by atomic mass is 10.2. The fourth-order valence-electron chi connectivity index (χ4n) is 1.68. The Balaban J connectivity index is 0.000000356. The number of pyridine rings is 1. The normalized spacial score (nSPS) is 10.5. The molecule has 2 heterocycles. The molecule has 0 atom stereocenters. The van der Waals surface area contributed by atoms with Gasteiger partial charge in [-0.1, -0.05) is 23.5 Å². The van der Waals surface area contributed by atoms with E-state index in [4.69, 9.17) is 24.4 Å². The summed E-state index contributed by atoms with van der Waals surface area (Å²) in [5.74, 6) is 0. The maximum atomic E-state index is 8.49. The number of nitrogens with zero attached hydrogens (tertiary/aromatic N) is 1. The minimum atomic E-state index is -4.94. The van der Waals surface area contributed by atoms with Crippen LogP contribution in [-0.2, 0) is 0 Å². The molecule has 118 valence electrons. The number of anilines is 1. The molecule has 0 radical (unpaired) electrons. The van der Waals surface area contributed by atoms with Crippen molar-refractivity contribution in [3.63, 3.8) is 0 Å². The second-order valence-electron chi connectivity index (χ2n) is 4.04. The predicted molar refractivity (Wildman–Crippen MR) is 70.9 cm³/mol. The molecule has 3 rings (SSSR count). The molecular weight excluding hydrogens is 332 g/mol. The highest BCUT2D eigenvalue weighted by molar-refractivity contribution is 7.20. The summed E-state index contributed by atoms with van der Waals surface area (Å²) in [5, 5.41) is 0. The Bertz CT molecular complexity index is 688. The monoisotopic (exact) mass is 344 g/mol. The zero-order valence-electron chi connectivity index (χ0n) is 11.1. The highest BCUT2D eigenvalue weighted by atomic mass is 35.7. The molecule has 4 N–H and O–H groups in total. The molecule has 0 fully saturated rings. The number of nitrogens with two attached hydrogens (primary N) is 1. The zero-order chi connectivity index (χ0) is 15.5. The molecule has 0 saturated carbocycles. The Labute approximate surface area is 132 Å². The van der Waals surface area contributed by atoms with Gasteiger partial charge in [0.2, 0.25) is 0 Å². The first-order chi connectivity index (χ1) is 9.83. The first kappa shape index (κ1) is 18.3. The summed E-state index contributed by atoms with van der Waals surface area (Å²) in [6, 6.07) is 14.2. The molecule has 0 spiro atoms. The summed E-state index contributed by atoms with van der Waals surface area (Å²) in [6.07, 6.45) is 4.21. The summed E-state index contributed by atoms with van der Waals surface area (Å²) in [5.41, 5.74) is 7.69. The number of nitrogen functional groups attached to an aromatic ring is 1. The van der Waals surface area contributed by atoms with Crippen LogP contribution in [0.25, 0.3) is 15.3 Å². The molecule has 0 amide bonds. The lowest BCUT2D eigenvalue weighted by Gasteiger charge is -2.17. The van der Waals surface area contributed by atoms with Gasteiger partial charge >= 0.3 is 0 Å². The minimum absolute atomic E-state index is 0. The molecule has 22 heavy (non-hydrogen) atoms. The van der Waals surface area contributed by atoms with Gasteiger partial charge in [-0.3, -0.25) is 0 Å². The van der Waals surface area contributed by atoms with E-state index in [1.54, 1.807) is 11.3 Å². The Morgan fingerprint density at radius 1 is 0.955 bits per heavy atom. The third kappa shape index (κ3) is 5.54. The van der Waals surface area contributed by atoms with Crippen molar-refractivity contribution in [2.75, 3.05) is 5.73 Å². The van der Waals surface area contributed by atoms with Crippen molar-refractivity contribution in [3.05, 3.63) is 54.9 Å². The van der Waals surface area contributed by atoms with Crippen molar-refractivity contribution in [2.45, 2.75) is 0 Å². The highest BCUT2D eigenvalue weighted by Crippen LogP contribution is 2.26. The van der Waals surface area contributed by atoms with Crippen LogP contribution in [0.2, 0.25) is 0 Å². The smallest absolute Gasteiger partial charge is 0.267 e. The van der Waals surface area contributed by atoms with Crippen LogP contribution in [0.4, 0.5) is 5.69 Å². The van der Waals surface area contributed by atoms with E-state index in [1.807, 2.05) is 18.2 Å². The fourth-order valence-corrected chi connectivity index (χ4v) is 2.69. The van der Waals surface area contributed by atoms with Gasteiger partial charge in [-0.05, 0) is 23.8 Å². The number of rotatable bonds is 1. The van der Waals surface area contributed by atoms with Crippen molar-refractivity contribution < 1.29 is 38.8 Å². The lowest BCUT2D eigenvalue weighted by Crippen LogP contribution is -2.68. The number of fused-ring (bicyclic) bond motifs is 1. The lowest BCUT2D eigenvalue weighted by molar-refractivity contribution is -2.00. The van der Waals surface area contributed by atoms with Crippen molar-refractivity contribution >= 4 is 21.9 Å². The standard InChI is InChI=1S/C13H11N2S.ClHO4.H2O/c14-11-6-4-10(5-7-11)12-9-15-8-2-1-3-13(15)16-12;2-1(3,4)5;/h1-9H,14H2;(H,2,3,4,5);1H2/q+1;;/p-1. The van der Waals surface area contributed by atoms with Crippen molar-refractivity contribution in [1.29, 1.82) is 0 Å². The summed E-state index contributed by atoms with van der Waals surface area (Å²) in [6.45, 7) is 0. The topological polar surface area (TPSA) is 154 Å². The van der Waals surface area contributed by atoms with Crippen LogP contribution in [0, 0.1) is 10.2 Å². The molecule has 0 aliphatic carbocycles. The van der Waals surface area contributed by atoms with E-state index >= 15 is 0 Å². The van der Waals surface area contributed by atoms with E-state index in [1.165, 1.54) is 15.3 Å². The maximum Gasteiger partial charge on any atom is 0.267 e. The first-order valence-corrected chi connectivity index (χ1v) is 7.75. The Kier molecular flexibility index (Phi) is 6.21. The van der Waals surface area contributed by atoms with Gasteiger partial charge < -0.3 is 11.2 Å². The van der Waals surface area contributed by atoms with E-state index in [2.05, 4.69) is 41.1 Å². The maximum absolute atomic E-state index is 8.49. The van der Waals surface area contributed by atoms with Gasteiger partial charge in [-0.2, -0.15) is 4.40 Å². The second kappa shape index (κ2) is 7.47. The van der Waals surface area contributed by atoms with Crippen LogP contribution in [0.1, 0.15) is 0 Å². The second-order valence-corrected chi connectivity index (χ2v) is 5.86. The van der Waals surface area contributed by atoms with Gasteiger partial charge in [0, 0.05) is 17.8 Å². The summed E-state index contributed by atoms with van der Waals surface area (Å²) >= 11 is 1.78. The molecule has 1 aromatic carbocycles.